The van der Waals surface area contributed by atoms with Crippen molar-refractivity contribution in [2.24, 2.45) is 5.73 Å². The van der Waals surface area contributed by atoms with Gasteiger partial charge in [0, 0.05) is 23.4 Å². The molecule has 8 nitrogen and oxygen atoms in total. The first-order valence-electron chi connectivity index (χ1n) is 7.85. The van der Waals surface area contributed by atoms with Crippen molar-refractivity contribution in [2.75, 3.05) is 5.32 Å². The Hall–Kier alpha value is -3.68. The van der Waals surface area contributed by atoms with Gasteiger partial charge in [-0.15, -0.1) is 0 Å². The summed E-state index contributed by atoms with van der Waals surface area (Å²) in [6.07, 6.45) is 0. The van der Waals surface area contributed by atoms with E-state index in [0.717, 1.165) is 11.1 Å². The van der Waals surface area contributed by atoms with Crippen molar-refractivity contribution < 1.29 is 14.1 Å². The highest BCUT2D eigenvalue weighted by Gasteiger charge is 2.09. The van der Waals surface area contributed by atoms with Gasteiger partial charge in [0.2, 0.25) is 0 Å². The molecule has 8 heteroatoms. The number of hydrogen-bond donors (Lipinski definition) is 3. The summed E-state index contributed by atoms with van der Waals surface area (Å²) in [6.45, 7) is 2.10. The van der Waals surface area contributed by atoms with E-state index in [4.69, 9.17) is 10.3 Å². The topological polar surface area (TPSA) is 123 Å². The quantitative estimate of drug-likeness (QED) is 0.651. The number of primary amides is 1. The number of amides is 3. The Morgan fingerprint density at radius 2 is 1.77 bits per heavy atom. The third kappa shape index (κ3) is 4.23. The molecule has 0 saturated carbocycles. The van der Waals surface area contributed by atoms with Gasteiger partial charge in [-0.3, -0.25) is 4.79 Å². The Morgan fingerprint density at radius 1 is 1.08 bits per heavy atom. The van der Waals surface area contributed by atoms with Crippen LogP contribution in [0.15, 0.2) is 53.1 Å². The molecule has 0 unspecified atom stereocenters. The number of rotatable bonds is 5. The van der Waals surface area contributed by atoms with Crippen molar-refractivity contribution in [3.63, 3.8) is 0 Å². The lowest BCUT2D eigenvalue weighted by Gasteiger charge is -2.07. The fourth-order valence-corrected chi connectivity index (χ4v) is 2.31. The molecule has 0 aliphatic rings. The van der Waals surface area contributed by atoms with E-state index in [2.05, 4.69) is 20.8 Å². The van der Waals surface area contributed by atoms with Gasteiger partial charge in [-0.05, 0) is 48.9 Å². The number of carbonyl (C=O) groups is 2. The standard InChI is InChI=1S/C18H17N5O3/c1-11-21-17(26-23-11)14-6-4-13(5-7-14)16(24)20-10-12-2-8-15(9-3-12)22-18(19)25/h2-9H,10H2,1H3,(H,20,24)(H3,19,22,25). The lowest BCUT2D eigenvalue weighted by atomic mass is 10.1. The van der Waals surface area contributed by atoms with E-state index in [1.807, 2.05) is 0 Å². The summed E-state index contributed by atoms with van der Waals surface area (Å²) in [6, 6.07) is 13.3. The first-order chi connectivity index (χ1) is 12.5. The molecular weight excluding hydrogens is 334 g/mol. The Kier molecular flexibility index (Phi) is 4.93. The van der Waals surface area contributed by atoms with Gasteiger partial charge in [-0.2, -0.15) is 4.98 Å². The highest BCUT2D eigenvalue weighted by Crippen LogP contribution is 2.17. The summed E-state index contributed by atoms with van der Waals surface area (Å²) >= 11 is 0. The summed E-state index contributed by atoms with van der Waals surface area (Å²) in [5, 5.41) is 9.05. The zero-order valence-corrected chi connectivity index (χ0v) is 14.0. The molecule has 3 amide bonds. The molecule has 1 heterocycles. The second kappa shape index (κ2) is 7.47. The number of benzene rings is 2. The SMILES string of the molecule is Cc1noc(-c2ccc(C(=O)NCc3ccc(NC(N)=O)cc3)cc2)n1. The fraction of sp³-hybridized carbons (Fsp3) is 0.111. The number of nitrogens with two attached hydrogens (primary N) is 1. The van der Waals surface area contributed by atoms with Crippen molar-refractivity contribution in [1.82, 2.24) is 15.5 Å². The smallest absolute Gasteiger partial charge is 0.316 e. The Bertz CT molecular complexity index is 917. The molecule has 132 valence electrons. The Labute approximate surface area is 149 Å². The number of urea groups is 1. The van der Waals surface area contributed by atoms with Gasteiger partial charge in [0.15, 0.2) is 5.82 Å². The van der Waals surface area contributed by atoms with E-state index < -0.39 is 6.03 Å². The third-order valence-electron chi connectivity index (χ3n) is 3.60. The summed E-state index contributed by atoms with van der Waals surface area (Å²) in [7, 11) is 0. The van der Waals surface area contributed by atoms with Crippen LogP contribution in [0.2, 0.25) is 0 Å². The van der Waals surface area contributed by atoms with Gasteiger partial charge in [0.25, 0.3) is 11.8 Å². The van der Waals surface area contributed by atoms with Crippen LogP contribution >= 0.6 is 0 Å². The minimum atomic E-state index is -0.620. The molecule has 3 aromatic rings. The second-order valence-corrected chi connectivity index (χ2v) is 5.59. The summed E-state index contributed by atoms with van der Waals surface area (Å²) in [5.74, 6) is 0.774. The maximum absolute atomic E-state index is 12.2. The minimum absolute atomic E-state index is 0.197. The Balaban J connectivity index is 1.58. The normalized spacial score (nSPS) is 10.3. The molecule has 26 heavy (non-hydrogen) atoms. The van der Waals surface area contributed by atoms with Gasteiger partial charge >= 0.3 is 6.03 Å². The number of aromatic nitrogens is 2. The van der Waals surface area contributed by atoms with Crippen molar-refractivity contribution in [3.05, 3.63) is 65.5 Å². The molecule has 0 aliphatic heterocycles. The number of hydrogen-bond acceptors (Lipinski definition) is 5. The molecule has 2 aromatic carbocycles. The van der Waals surface area contributed by atoms with E-state index in [1.54, 1.807) is 55.5 Å². The lowest BCUT2D eigenvalue weighted by Crippen LogP contribution is -2.22. The number of carbonyl (C=O) groups excluding carboxylic acids is 2. The van der Waals surface area contributed by atoms with Gasteiger partial charge in [0.05, 0.1) is 0 Å². The van der Waals surface area contributed by atoms with E-state index >= 15 is 0 Å². The monoisotopic (exact) mass is 351 g/mol. The van der Waals surface area contributed by atoms with Crippen LogP contribution in [0.3, 0.4) is 0 Å². The summed E-state index contributed by atoms with van der Waals surface area (Å²) in [4.78, 5) is 27.2. The van der Waals surface area contributed by atoms with Gasteiger partial charge in [0.1, 0.15) is 0 Å². The molecule has 0 aliphatic carbocycles. The largest absolute Gasteiger partial charge is 0.351 e. The number of aryl methyl sites for hydroxylation is 1. The van der Waals surface area contributed by atoms with Crippen LogP contribution in [0.4, 0.5) is 10.5 Å². The van der Waals surface area contributed by atoms with Crippen LogP contribution in [-0.2, 0) is 6.54 Å². The molecular formula is C18H17N5O3. The molecule has 3 rings (SSSR count). The average Bonchev–Trinajstić information content (AvgIpc) is 3.07. The highest BCUT2D eigenvalue weighted by molar-refractivity contribution is 5.94. The van der Waals surface area contributed by atoms with Crippen LogP contribution in [0.1, 0.15) is 21.7 Å². The van der Waals surface area contributed by atoms with Crippen molar-refractivity contribution in [3.8, 4) is 11.5 Å². The van der Waals surface area contributed by atoms with Crippen LogP contribution in [0.25, 0.3) is 11.5 Å². The van der Waals surface area contributed by atoms with Crippen molar-refractivity contribution in [2.45, 2.75) is 13.5 Å². The van der Waals surface area contributed by atoms with E-state index in [9.17, 15) is 9.59 Å². The first kappa shape index (κ1) is 17.2. The van der Waals surface area contributed by atoms with Crippen molar-refractivity contribution >= 4 is 17.6 Å². The van der Waals surface area contributed by atoms with E-state index in [-0.39, 0.29) is 5.91 Å². The zero-order chi connectivity index (χ0) is 18.5. The van der Waals surface area contributed by atoms with Gasteiger partial charge in [-0.25, -0.2) is 4.79 Å². The lowest BCUT2D eigenvalue weighted by molar-refractivity contribution is 0.0951. The third-order valence-corrected chi connectivity index (χ3v) is 3.60. The van der Waals surface area contributed by atoms with Crippen LogP contribution in [-0.4, -0.2) is 22.1 Å². The maximum atomic E-state index is 12.2. The first-order valence-corrected chi connectivity index (χ1v) is 7.85. The number of anilines is 1. The summed E-state index contributed by atoms with van der Waals surface area (Å²) < 4.78 is 5.09. The average molecular weight is 351 g/mol. The maximum Gasteiger partial charge on any atom is 0.316 e. The minimum Gasteiger partial charge on any atom is -0.351 e. The van der Waals surface area contributed by atoms with Crippen LogP contribution < -0.4 is 16.4 Å². The Morgan fingerprint density at radius 3 is 2.35 bits per heavy atom. The van der Waals surface area contributed by atoms with Crippen molar-refractivity contribution in [1.29, 1.82) is 0 Å². The molecule has 4 N–H and O–H groups in total. The number of nitrogens with zero attached hydrogens (tertiary/aromatic N) is 2. The molecule has 0 fully saturated rings. The predicted octanol–water partition coefficient (Wildman–Crippen LogP) is 2.47. The molecule has 1 aromatic heterocycles. The molecule has 0 radical (unpaired) electrons. The molecule has 0 bridgehead atoms. The highest BCUT2D eigenvalue weighted by atomic mass is 16.5. The van der Waals surface area contributed by atoms with Crippen LogP contribution in [0, 0.1) is 6.92 Å². The van der Waals surface area contributed by atoms with Crippen LogP contribution in [0.5, 0.6) is 0 Å². The zero-order valence-electron chi connectivity index (χ0n) is 14.0. The fourth-order valence-electron chi connectivity index (χ4n) is 2.31. The van der Waals surface area contributed by atoms with Gasteiger partial charge < -0.3 is 20.9 Å². The predicted molar refractivity (Wildman–Crippen MR) is 95.3 cm³/mol. The van der Waals surface area contributed by atoms with E-state index in [0.29, 0.717) is 29.5 Å². The molecule has 0 saturated heterocycles. The molecule has 0 atom stereocenters. The van der Waals surface area contributed by atoms with Gasteiger partial charge in [-0.1, -0.05) is 17.3 Å². The molecule has 0 spiro atoms. The van der Waals surface area contributed by atoms with E-state index in [1.165, 1.54) is 0 Å². The summed E-state index contributed by atoms with van der Waals surface area (Å²) in [5.41, 5.74) is 7.82. The number of nitrogens with one attached hydrogen (secondary N) is 2. The second-order valence-electron chi connectivity index (χ2n) is 5.59.